The molecule has 2 heterocycles. The van der Waals surface area contributed by atoms with Crippen molar-refractivity contribution in [2.45, 2.75) is 96.9 Å². The van der Waals surface area contributed by atoms with E-state index in [1.807, 2.05) is 11.4 Å². The zero-order chi connectivity index (χ0) is 26.5. The number of aromatic nitrogens is 3. The normalized spacial score (nSPS) is 20.1. The second kappa shape index (κ2) is 11.4. The molecule has 1 fully saturated rings. The summed E-state index contributed by atoms with van der Waals surface area (Å²) >= 11 is 1.37. The van der Waals surface area contributed by atoms with Gasteiger partial charge in [0.25, 0.3) is 0 Å². The molecule has 0 saturated heterocycles. The second-order valence-corrected chi connectivity index (χ2v) is 11.6. The van der Waals surface area contributed by atoms with E-state index in [1.54, 1.807) is 53.8 Å². The molecule has 11 nitrogen and oxygen atoms in total. The molecule has 1 aliphatic carbocycles. The molecule has 2 N–H and O–H groups in total. The van der Waals surface area contributed by atoms with Gasteiger partial charge in [-0.15, -0.1) is 16.4 Å². The Morgan fingerprint density at radius 2 is 1.72 bits per heavy atom. The summed E-state index contributed by atoms with van der Waals surface area (Å²) in [4.78, 5) is 37.9. The van der Waals surface area contributed by atoms with Crippen molar-refractivity contribution in [1.82, 2.24) is 25.6 Å². The molecule has 0 bridgehead atoms. The van der Waals surface area contributed by atoms with Crippen LogP contribution in [0.3, 0.4) is 0 Å². The Morgan fingerprint density at radius 3 is 2.33 bits per heavy atom. The summed E-state index contributed by atoms with van der Waals surface area (Å²) in [6.45, 7) is 10.9. The summed E-state index contributed by atoms with van der Waals surface area (Å²) in [7, 11) is 0. The number of carbonyl (C=O) groups excluding carboxylic acids is 3. The molecule has 3 rings (SSSR count). The zero-order valence-corrected chi connectivity index (χ0v) is 22.4. The van der Waals surface area contributed by atoms with Crippen molar-refractivity contribution < 1.29 is 28.6 Å². The first-order valence-corrected chi connectivity index (χ1v) is 12.7. The number of ketones is 1. The van der Waals surface area contributed by atoms with E-state index in [0.717, 1.165) is 0 Å². The van der Waals surface area contributed by atoms with Crippen LogP contribution >= 0.6 is 11.3 Å². The van der Waals surface area contributed by atoms with Crippen LogP contribution < -0.4 is 10.6 Å². The van der Waals surface area contributed by atoms with Crippen molar-refractivity contribution in [2.24, 2.45) is 0 Å². The van der Waals surface area contributed by atoms with Gasteiger partial charge in [0, 0.05) is 6.04 Å². The summed E-state index contributed by atoms with van der Waals surface area (Å²) in [6, 6.07) is 2.91. The molecule has 0 aromatic carbocycles. The number of thiophene rings is 1. The van der Waals surface area contributed by atoms with Crippen LogP contribution in [0.2, 0.25) is 0 Å². The van der Waals surface area contributed by atoms with Gasteiger partial charge >= 0.3 is 12.2 Å². The van der Waals surface area contributed by atoms with E-state index in [0.29, 0.717) is 23.4 Å². The van der Waals surface area contributed by atoms with Crippen LogP contribution in [0.15, 0.2) is 23.7 Å². The fraction of sp³-hybridized carbons (Fsp3) is 0.625. The van der Waals surface area contributed by atoms with Gasteiger partial charge in [-0.05, 0) is 65.8 Å². The zero-order valence-electron chi connectivity index (χ0n) is 21.6. The molecular formula is C24H35N5O6S. The number of Topliss-reactive ketones (excluding diaryl/α,β-unsaturated/α-hetero) is 1. The lowest BCUT2D eigenvalue weighted by Crippen LogP contribution is -2.44. The minimum Gasteiger partial charge on any atom is -0.444 e. The number of amides is 2. The number of hydrogen-bond acceptors (Lipinski definition) is 9. The molecule has 198 valence electrons. The van der Waals surface area contributed by atoms with Crippen LogP contribution in [0, 0.1) is 0 Å². The molecular weight excluding hydrogens is 486 g/mol. The van der Waals surface area contributed by atoms with Crippen molar-refractivity contribution in [3.8, 4) is 0 Å². The molecule has 2 amide bonds. The van der Waals surface area contributed by atoms with Gasteiger partial charge in [0.2, 0.25) is 0 Å². The Bertz CT molecular complexity index is 1040. The Kier molecular flexibility index (Phi) is 8.72. The summed E-state index contributed by atoms with van der Waals surface area (Å²) in [5.41, 5.74) is -0.654. The predicted octanol–water partition coefficient (Wildman–Crippen LogP) is 3.69. The fourth-order valence-corrected chi connectivity index (χ4v) is 4.41. The molecule has 1 saturated carbocycles. The Balaban J connectivity index is 1.64. The van der Waals surface area contributed by atoms with E-state index in [1.165, 1.54) is 16.0 Å². The van der Waals surface area contributed by atoms with Crippen molar-refractivity contribution in [3.05, 3.63) is 34.3 Å². The molecule has 2 aromatic heterocycles. The molecule has 2 aromatic rings. The highest BCUT2D eigenvalue weighted by Crippen LogP contribution is 2.25. The summed E-state index contributed by atoms with van der Waals surface area (Å²) in [5, 5.41) is 15.5. The minimum absolute atomic E-state index is 0.0479. The lowest BCUT2D eigenvalue weighted by molar-refractivity contribution is 0.0132. The van der Waals surface area contributed by atoms with Crippen molar-refractivity contribution in [1.29, 1.82) is 0 Å². The van der Waals surface area contributed by atoms with Crippen LogP contribution in [0.4, 0.5) is 9.59 Å². The van der Waals surface area contributed by atoms with E-state index in [-0.39, 0.29) is 25.0 Å². The van der Waals surface area contributed by atoms with Gasteiger partial charge in [0.15, 0.2) is 5.78 Å². The number of nitrogens with one attached hydrogen (secondary N) is 2. The number of nitrogens with zero attached hydrogens (tertiary/aromatic N) is 3. The quantitative estimate of drug-likeness (QED) is 0.503. The maximum atomic E-state index is 12.5. The van der Waals surface area contributed by atoms with Gasteiger partial charge in [-0.1, -0.05) is 11.3 Å². The maximum Gasteiger partial charge on any atom is 0.407 e. The molecule has 0 unspecified atom stereocenters. The van der Waals surface area contributed by atoms with E-state index in [4.69, 9.17) is 14.2 Å². The highest BCUT2D eigenvalue weighted by molar-refractivity contribution is 7.12. The molecule has 0 spiro atoms. The first-order valence-electron chi connectivity index (χ1n) is 11.8. The van der Waals surface area contributed by atoms with Gasteiger partial charge in [-0.2, -0.15) is 0 Å². The highest BCUT2D eigenvalue weighted by Gasteiger charge is 2.38. The summed E-state index contributed by atoms with van der Waals surface area (Å²) in [5.74, 6) is -0.0660. The van der Waals surface area contributed by atoms with Crippen LogP contribution in [0.5, 0.6) is 0 Å². The van der Waals surface area contributed by atoms with E-state index in [2.05, 4.69) is 20.9 Å². The van der Waals surface area contributed by atoms with Crippen LogP contribution in [0.25, 0.3) is 0 Å². The average Bonchev–Trinajstić information content (AvgIpc) is 3.45. The molecule has 0 aliphatic heterocycles. The smallest absolute Gasteiger partial charge is 0.407 e. The number of alkyl carbamates (subject to hydrolysis) is 2. The first kappa shape index (κ1) is 27.6. The highest BCUT2D eigenvalue weighted by atomic mass is 32.1. The standard InChI is InChI=1S/C24H35N5O6S/c1-23(2,3)34-21(31)26-15-10-17(27-22(32)35-24(4,5)6)19(11-15)33-14-16-12-25-28-29(16)13-18(30)20-8-7-9-36-20/h7-9,12,15,17,19H,10-11,13-14H2,1-6H3,(H,26,31)(H,27,32)/t15-,17+,19+/m0/s1. The van der Waals surface area contributed by atoms with Crippen molar-refractivity contribution >= 4 is 29.3 Å². The van der Waals surface area contributed by atoms with Gasteiger partial charge in [0.05, 0.1) is 35.5 Å². The third kappa shape index (κ3) is 8.59. The minimum atomic E-state index is -0.652. The van der Waals surface area contributed by atoms with Crippen LogP contribution in [-0.2, 0) is 27.4 Å². The third-order valence-electron chi connectivity index (χ3n) is 5.16. The van der Waals surface area contributed by atoms with Gasteiger partial charge in [-0.3, -0.25) is 4.79 Å². The number of carbonyl (C=O) groups is 3. The van der Waals surface area contributed by atoms with Crippen molar-refractivity contribution in [3.63, 3.8) is 0 Å². The molecule has 1 aliphatic rings. The van der Waals surface area contributed by atoms with Gasteiger partial charge in [-0.25, -0.2) is 14.3 Å². The largest absolute Gasteiger partial charge is 0.444 e. The monoisotopic (exact) mass is 521 g/mol. The molecule has 36 heavy (non-hydrogen) atoms. The molecule has 12 heteroatoms. The predicted molar refractivity (Wildman–Crippen MR) is 133 cm³/mol. The number of rotatable bonds is 8. The third-order valence-corrected chi connectivity index (χ3v) is 6.07. The lowest BCUT2D eigenvalue weighted by atomic mass is 10.2. The lowest BCUT2D eigenvalue weighted by Gasteiger charge is -2.24. The number of ether oxygens (including phenoxy) is 3. The summed E-state index contributed by atoms with van der Waals surface area (Å²) in [6.07, 6.45) is 0.927. The average molecular weight is 522 g/mol. The fourth-order valence-electron chi connectivity index (χ4n) is 3.75. The SMILES string of the molecule is CC(C)(C)OC(=O)N[C@H]1C[C@@H](NC(=O)OC(C)(C)C)[C@H](OCc2cnnn2CC(=O)c2cccs2)C1. The molecule has 3 atom stereocenters. The van der Waals surface area contributed by atoms with Gasteiger partial charge in [0.1, 0.15) is 17.7 Å². The van der Waals surface area contributed by atoms with Crippen molar-refractivity contribution in [2.75, 3.05) is 0 Å². The van der Waals surface area contributed by atoms with E-state index in [9.17, 15) is 14.4 Å². The second-order valence-electron chi connectivity index (χ2n) is 10.7. The molecule has 0 radical (unpaired) electrons. The Labute approximate surface area is 214 Å². The first-order chi connectivity index (χ1) is 16.8. The van der Waals surface area contributed by atoms with E-state index < -0.39 is 35.5 Å². The van der Waals surface area contributed by atoms with E-state index >= 15 is 0 Å². The Hall–Kier alpha value is -2.99. The van der Waals surface area contributed by atoms with Gasteiger partial charge < -0.3 is 24.8 Å². The maximum absolute atomic E-state index is 12.5. The van der Waals surface area contributed by atoms with Crippen LogP contribution in [-0.4, -0.2) is 62.4 Å². The number of hydrogen-bond donors (Lipinski definition) is 2. The van der Waals surface area contributed by atoms with Crippen LogP contribution in [0.1, 0.15) is 69.7 Å². The topological polar surface area (TPSA) is 134 Å². The summed E-state index contributed by atoms with van der Waals surface area (Å²) < 4.78 is 18.4. The Morgan fingerprint density at radius 1 is 1.06 bits per heavy atom.